The molecule has 1 saturated carbocycles. The van der Waals surface area contributed by atoms with Gasteiger partial charge in [-0.1, -0.05) is 30.3 Å². The van der Waals surface area contributed by atoms with E-state index in [-0.39, 0.29) is 6.09 Å². The smallest absolute Gasteiger partial charge is 0.410 e. The molecule has 0 aromatic heterocycles. The maximum Gasteiger partial charge on any atom is 0.410 e. The molecule has 1 saturated heterocycles. The predicted molar refractivity (Wildman–Crippen MR) is 103 cm³/mol. The Morgan fingerprint density at radius 1 is 1.15 bits per heavy atom. The predicted octanol–water partition coefficient (Wildman–Crippen LogP) is 4.88. The zero-order chi connectivity index (χ0) is 18.6. The number of piperidine rings is 1. The first-order valence-electron chi connectivity index (χ1n) is 10.0. The van der Waals surface area contributed by atoms with Gasteiger partial charge in [0.15, 0.2) is 0 Å². The highest BCUT2D eigenvalue weighted by molar-refractivity contribution is 5.68. The van der Waals surface area contributed by atoms with Gasteiger partial charge in [-0.3, -0.25) is 0 Å². The highest BCUT2D eigenvalue weighted by Crippen LogP contribution is 2.49. The molecule has 1 amide bonds. The minimum atomic E-state index is -0.407. The average molecular weight is 360 g/mol. The number of carbonyl (C=O) groups is 1. The average Bonchev–Trinajstić information content (AvgIpc) is 3.38. The maximum absolute atomic E-state index is 12.1. The summed E-state index contributed by atoms with van der Waals surface area (Å²) in [4.78, 5) is 14.0. The van der Waals surface area contributed by atoms with Gasteiger partial charge in [0, 0.05) is 19.7 Å². The van der Waals surface area contributed by atoms with Crippen LogP contribution in [0, 0.1) is 17.8 Å². The monoisotopic (exact) mass is 359 g/mol. The summed E-state index contributed by atoms with van der Waals surface area (Å²) in [5.41, 5.74) is 0.837. The van der Waals surface area contributed by atoms with Crippen LogP contribution in [0.4, 0.5) is 4.79 Å². The molecular formula is C22H33NO3. The standard InChI is InChI=1S/C22H33NO3/c1-22(2,3)26-21(24)23-12-9-18(10-13-23)20-15-19(20)11-14-25-16-17-7-5-4-6-8-17/h4-8,18-20H,9-16H2,1-3H3. The number of amides is 1. The van der Waals surface area contributed by atoms with E-state index in [0.717, 1.165) is 50.3 Å². The minimum absolute atomic E-state index is 0.155. The molecule has 1 aromatic carbocycles. The van der Waals surface area contributed by atoms with Crippen molar-refractivity contribution in [2.75, 3.05) is 19.7 Å². The van der Waals surface area contributed by atoms with Gasteiger partial charge < -0.3 is 14.4 Å². The van der Waals surface area contributed by atoms with E-state index in [1.165, 1.54) is 18.4 Å². The van der Waals surface area contributed by atoms with E-state index < -0.39 is 5.60 Å². The lowest BCUT2D eigenvalue weighted by atomic mass is 9.90. The van der Waals surface area contributed by atoms with E-state index in [4.69, 9.17) is 9.47 Å². The number of ether oxygens (including phenoxy) is 2. The van der Waals surface area contributed by atoms with Gasteiger partial charge in [-0.05, 0) is 69.8 Å². The molecule has 1 aliphatic heterocycles. The van der Waals surface area contributed by atoms with E-state index in [2.05, 4.69) is 24.3 Å². The van der Waals surface area contributed by atoms with Crippen LogP contribution in [0.15, 0.2) is 30.3 Å². The fourth-order valence-corrected chi connectivity index (χ4v) is 4.02. The number of likely N-dealkylation sites (tertiary alicyclic amines) is 1. The highest BCUT2D eigenvalue weighted by atomic mass is 16.6. The molecule has 2 unspecified atom stereocenters. The van der Waals surface area contributed by atoms with Gasteiger partial charge in [0.25, 0.3) is 0 Å². The Bertz CT molecular complexity index is 573. The Hall–Kier alpha value is -1.55. The number of hydrogen-bond donors (Lipinski definition) is 0. The second-order valence-electron chi connectivity index (χ2n) is 8.79. The van der Waals surface area contributed by atoms with Crippen molar-refractivity contribution in [3.05, 3.63) is 35.9 Å². The maximum atomic E-state index is 12.1. The molecule has 4 nitrogen and oxygen atoms in total. The van der Waals surface area contributed by atoms with Crippen LogP contribution in [0.2, 0.25) is 0 Å². The van der Waals surface area contributed by atoms with Crippen LogP contribution >= 0.6 is 0 Å². The van der Waals surface area contributed by atoms with Crippen molar-refractivity contribution < 1.29 is 14.3 Å². The van der Waals surface area contributed by atoms with Crippen molar-refractivity contribution in [1.82, 2.24) is 4.90 Å². The molecule has 144 valence electrons. The van der Waals surface area contributed by atoms with Crippen molar-refractivity contribution >= 4 is 6.09 Å². The summed E-state index contributed by atoms with van der Waals surface area (Å²) < 4.78 is 11.3. The van der Waals surface area contributed by atoms with Crippen LogP contribution in [0.3, 0.4) is 0 Å². The zero-order valence-corrected chi connectivity index (χ0v) is 16.4. The Morgan fingerprint density at radius 2 is 1.85 bits per heavy atom. The molecule has 3 rings (SSSR count). The third-order valence-corrected chi connectivity index (χ3v) is 5.52. The van der Waals surface area contributed by atoms with Crippen molar-refractivity contribution in [3.63, 3.8) is 0 Å². The first-order valence-corrected chi connectivity index (χ1v) is 10.0. The van der Waals surface area contributed by atoms with Crippen molar-refractivity contribution in [2.45, 2.75) is 58.7 Å². The zero-order valence-electron chi connectivity index (χ0n) is 16.4. The molecule has 0 radical (unpaired) electrons. The van der Waals surface area contributed by atoms with Crippen LogP contribution in [0.1, 0.15) is 52.0 Å². The molecule has 4 heteroatoms. The molecule has 0 spiro atoms. The summed E-state index contributed by atoms with van der Waals surface area (Å²) in [6, 6.07) is 10.4. The van der Waals surface area contributed by atoms with Crippen LogP contribution in [0.5, 0.6) is 0 Å². The SMILES string of the molecule is CC(C)(C)OC(=O)N1CCC(C2CC2CCOCc2ccccc2)CC1. The molecule has 26 heavy (non-hydrogen) atoms. The third-order valence-electron chi connectivity index (χ3n) is 5.52. The van der Waals surface area contributed by atoms with Gasteiger partial charge in [-0.2, -0.15) is 0 Å². The summed E-state index contributed by atoms with van der Waals surface area (Å²) in [5, 5.41) is 0. The van der Waals surface area contributed by atoms with Gasteiger partial charge in [-0.15, -0.1) is 0 Å². The van der Waals surface area contributed by atoms with E-state index in [1.807, 2.05) is 31.7 Å². The first-order chi connectivity index (χ1) is 12.4. The van der Waals surface area contributed by atoms with Gasteiger partial charge >= 0.3 is 6.09 Å². The van der Waals surface area contributed by atoms with E-state index in [1.54, 1.807) is 0 Å². The summed E-state index contributed by atoms with van der Waals surface area (Å²) >= 11 is 0. The van der Waals surface area contributed by atoms with Crippen LogP contribution in [0.25, 0.3) is 0 Å². The second-order valence-corrected chi connectivity index (χ2v) is 8.79. The lowest BCUT2D eigenvalue weighted by Gasteiger charge is -2.33. The quantitative estimate of drug-likeness (QED) is 0.680. The van der Waals surface area contributed by atoms with Gasteiger partial charge in [0.05, 0.1) is 6.61 Å². The third kappa shape index (κ3) is 5.73. The topological polar surface area (TPSA) is 38.8 Å². The number of benzene rings is 1. The molecule has 1 heterocycles. The number of rotatable bonds is 6. The summed E-state index contributed by atoms with van der Waals surface area (Å²) in [5.74, 6) is 2.44. The van der Waals surface area contributed by atoms with Crippen molar-refractivity contribution in [2.24, 2.45) is 17.8 Å². The Balaban J connectivity index is 1.30. The fourth-order valence-electron chi connectivity index (χ4n) is 4.02. The molecule has 2 fully saturated rings. The van der Waals surface area contributed by atoms with Gasteiger partial charge in [0.1, 0.15) is 5.60 Å². The fraction of sp³-hybridized carbons (Fsp3) is 0.682. The lowest BCUT2D eigenvalue weighted by Crippen LogP contribution is -2.42. The summed E-state index contributed by atoms with van der Waals surface area (Å²) in [7, 11) is 0. The van der Waals surface area contributed by atoms with E-state index >= 15 is 0 Å². The Morgan fingerprint density at radius 3 is 2.50 bits per heavy atom. The number of carbonyl (C=O) groups excluding carboxylic acids is 1. The van der Waals surface area contributed by atoms with Crippen molar-refractivity contribution in [1.29, 1.82) is 0 Å². The van der Waals surface area contributed by atoms with Crippen LogP contribution in [-0.2, 0) is 16.1 Å². The molecule has 0 N–H and O–H groups in total. The largest absolute Gasteiger partial charge is 0.444 e. The first kappa shape index (κ1) is 19.2. The van der Waals surface area contributed by atoms with Crippen LogP contribution < -0.4 is 0 Å². The number of nitrogens with zero attached hydrogens (tertiary/aromatic N) is 1. The Kier molecular flexibility index (Phi) is 6.23. The normalized spacial score (nSPS) is 23.7. The van der Waals surface area contributed by atoms with Crippen LogP contribution in [-0.4, -0.2) is 36.3 Å². The molecule has 2 atom stereocenters. The molecule has 2 aliphatic rings. The van der Waals surface area contributed by atoms with Gasteiger partial charge in [0.2, 0.25) is 0 Å². The molecular weight excluding hydrogens is 326 g/mol. The van der Waals surface area contributed by atoms with E-state index in [9.17, 15) is 4.79 Å². The molecule has 1 aliphatic carbocycles. The number of hydrogen-bond acceptors (Lipinski definition) is 3. The second kappa shape index (κ2) is 8.43. The summed E-state index contributed by atoms with van der Waals surface area (Å²) in [6.45, 7) is 9.02. The Labute approximate surface area is 157 Å². The van der Waals surface area contributed by atoms with Crippen molar-refractivity contribution in [3.8, 4) is 0 Å². The lowest BCUT2D eigenvalue weighted by molar-refractivity contribution is 0.0173. The van der Waals surface area contributed by atoms with E-state index in [0.29, 0.717) is 6.61 Å². The minimum Gasteiger partial charge on any atom is -0.444 e. The van der Waals surface area contributed by atoms with Gasteiger partial charge in [-0.25, -0.2) is 4.79 Å². The molecule has 1 aromatic rings. The highest BCUT2D eigenvalue weighted by Gasteiger charge is 2.43. The summed E-state index contributed by atoms with van der Waals surface area (Å²) in [6.07, 6.45) is 4.59. The molecule has 0 bridgehead atoms.